The van der Waals surface area contributed by atoms with Crippen molar-refractivity contribution in [3.05, 3.63) is 40.6 Å². The Kier molecular flexibility index (Phi) is 1.42. The minimum atomic E-state index is 0.0359. The summed E-state index contributed by atoms with van der Waals surface area (Å²) in [5.74, 6) is 0.689. The second kappa shape index (κ2) is 2.61. The van der Waals surface area contributed by atoms with Crippen LogP contribution in [0.4, 0.5) is 0 Å². The molecule has 2 aromatic rings. The molecule has 3 nitrogen and oxygen atoms in total. The van der Waals surface area contributed by atoms with E-state index in [2.05, 4.69) is 0 Å². The van der Waals surface area contributed by atoms with Crippen LogP contribution in [0.15, 0.2) is 35.1 Å². The molecule has 1 aliphatic rings. The summed E-state index contributed by atoms with van der Waals surface area (Å²) in [6, 6.07) is 9.19. The first-order chi connectivity index (χ1) is 6.86. The average Bonchev–Trinajstić information content (AvgIpc) is 2.66. The molecular formula is C11H9NO2. The van der Waals surface area contributed by atoms with E-state index in [1.165, 1.54) is 0 Å². The van der Waals surface area contributed by atoms with Crippen LogP contribution in [0.2, 0.25) is 0 Å². The summed E-state index contributed by atoms with van der Waals surface area (Å²) in [5, 5.41) is 0.766. The Morgan fingerprint density at radius 3 is 3.07 bits per heavy atom. The quantitative estimate of drug-likeness (QED) is 0.624. The van der Waals surface area contributed by atoms with E-state index in [1.807, 2.05) is 28.8 Å². The predicted octanol–water partition coefficient (Wildman–Crippen LogP) is 1.39. The molecule has 0 unspecified atom stereocenters. The molecule has 1 aliphatic heterocycles. The molecular weight excluding hydrogens is 178 g/mol. The SMILES string of the molecule is O=c1cc2n(c3ccccc13)CCO2. The fraction of sp³-hybridized carbons (Fsp3) is 0.182. The first-order valence-electron chi connectivity index (χ1n) is 4.62. The topological polar surface area (TPSA) is 31.2 Å². The van der Waals surface area contributed by atoms with Crippen molar-refractivity contribution in [3.8, 4) is 5.88 Å². The Morgan fingerprint density at radius 1 is 1.29 bits per heavy atom. The predicted molar refractivity (Wildman–Crippen MR) is 53.7 cm³/mol. The molecule has 0 aliphatic carbocycles. The molecule has 0 saturated heterocycles. The van der Waals surface area contributed by atoms with Gasteiger partial charge in [0.1, 0.15) is 6.61 Å². The van der Waals surface area contributed by atoms with Crippen molar-refractivity contribution >= 4 is 10.9 Å². The fourth-order valence-electron chi connectivity index (χ4n) is 1.90. The molecule has 1 aromatic heterocycles. The number of benzene rings is 1. The molecule has 70 valence electrons. The number of pyridine rings is 1. The van der Waals surface area contributed by atoms with Crippen molar-refractivity contribution in [1.29, 1.82) is 0 Å². The minimum Gasteiger partial charge on any atom is -0.477 e. The van der Waals surface area contributed by atoms with Crippen molar-refractivity contribution in [2.45, 2.75) is 6.54 Å². The van der Waals surface area contributed by atoms with Gasteiger partial charge in [0.05, 0.1) is 12.1 Å². The Morgan fingerprint density at radius 2 is 2.14 bits per heavy atom. The molecule has 3 heteroatoms. The zero-order valence-corrected chi connectivity index (χ0v) is 7.56. The molecule has 0 atom stereocenters. The van der Waals surface area contributed by atoms with Crippen LogP contribution in [0.5, 0.6) is 5.88 Å². The van der Waals surface area contributed by atoms with Gasteiger partial charge in [-0.15, -0.1) is 0 Å². The highest BCUT2D eigenvalue weighted by atomic mass is 16.5. The number of hydrogen-bond acceptors (Lipinski definition) is 2. The first kappa shape index (κ1) is 7.62. The molecule has 0 saturated carbocycles. The van der Waals surface area contributed by atoms with E-state index < -0.39 is 0 Å². The normalized spacial score (nSPS) is 14.0. The third-order valence-electron chi connectivity index (χ3n) is 2.55. The zero-order chi connectivity index (χ0) is 9.54. The third kappa shape index (κ3) is 0.894. The van der Waals surface area contributed by atoms with E-state index >= 15 is 0 Å². The lowest BCUT2D eigenvalue weighted by Crippen LogP contribution is -2.05. The van der Waals surface area contributed by atoms with E-state index in [0.717, 1.165) is 17.4 Å². The van der Waals surface area contributed by atoms with Gasteiger partial charge in [-0.3, -0.25) is 4.79 Å². The largest absolute Gasteiger partial charge is 0.477 e. The third-order valence-corrected chi connectivity index (χ3v) is 2.55. The highest BCUT2D eigenvalue weighted by Crippen LogP contribution is 2.21. The van der Waals surface area contributed by atoms with Crippen molar-refractivity contribution in [3.63, 3.8) is 0 Å². The number of fused-ring (bicyclic) bond motifs is 3. The van der Waals surface area contributed by atoms with E-state index in [1.54, 1.807) is 6.07 Å². The van der Waals surface area contributed by atoms with Gasteiger partial charge < -0.3 is 9.30 Å². The van der Waals surface area contributed by atoms with Gasteiger partial charge in [0.2, 0.25) is 0 Å². The van der Waals surface area contributed by atoms with Crippen LogP contribution in [0.1, 0.15) is 0 Å². The molecule has 14 heavy (non-hydrogen) atoms. The van der Waals surface area contributed by atoms with Crippen molar-refractivity contribution in [2.24, 2.45) is 0 Å². The average molecular weight is 187 g/mol. The Hall–Kier alpha value is -1.77. The summed E-state index contributed by atoms with van der Waals surface area (Å²) < 4.78 is 7.39. The van der Waals surface area contributed by atoms with E-state index in [4.69, 9.17) is 4.74 Å². The van der Waals surface area contributed by atoms with Gasteiger partial charge in [-0.25, -0.2) is 0 Å². The number of ether oxygens (including phenoxy) is 1. The van der Waals surface area contributed by atoms with Gasteiger partial charge in [0.15, 0.2) is 11.3 Å². The van der Waals surface area contributed by atoms with Crippen LogP contribution in [-0.2, 0) is 6.54 Å². The maximum absolute atomic E-state index is 11.6. The molecule has 0 amide bonds. The van der Waals surface area contributed by atoms with Gasteiger partial charge in [-0.1, -0.05) is 12.1 Å². The zero-order valence-electron chi connectivity index (χ0n) is 7.56. The van der Waals surface area contributed by atoms with Crippen LogP contribution in [0.3, 0.4) is 0 Å². The van der Waals surface area contributed by atoms with Crippen molar-refractivity contribution in [1.82, 2.24) is 4.57 Å². The molecule has 0 bridgehead atoms. The van der Waals surface area contributed by atoms with Gasteiger partial charge in [-0.2, -0.15) is 0 Å². The lowest BCUT2D eigenvalue weighted by Gasteiger charge is -2.05. The number of para-hydroxylation sites is 1. The standard InChI is InChI=1S/C11H9NO2/c13-10-7-11-12(5-6-14-11)9-4-2-1-3-8(9)10/h1-4,7H,5-6H2. The second-order valence-electron chi connectivity index (χ2n) is 3.36. The smallest absolute Gasteiger partial charge is 0.198 e. The fourth-order valence-corrected chi connectivity index (χ4v) is 1.90. The molecule has 0 N–H and O–H groups in total. The van der Waals surface area contributed by atoms with Gasteiger partial charge in [-0.05, 0) is 12.1 Å². The highest BCUT2D eigenvalue weighted by molar-refractivity contribution is 5.79. The van der Waals surface area contributed by atoms with E-state index in [9.17, 15) is 4.79 Å². The van der Waals surface area contributed by atoms with Crippen LogP contribution in [0.25, 0.3) is 10.9 Å². The van der Waals surface area contributed by atoms with Gasteiger partial charge in [0, 0.05) is 11.5 Å². The molecule has 1 aromatic carbocycles. The first-order valence-corrected chi connectivity index (χ1v) is 4.62. The Labute approximate surface area is 80.5 Å². The summed E-state index contributed by atoms with van der Waals surface area (Å²) in [4.78, 5) is 11.6. The van der Waals surface area contributed by atoms with Crippen LogP contribution >= 0.6 is 0 Å². The Bertz CT molecular complexity index is 557. The maximum Gasteiger partial charge on any atom is 0.198 e. The summed E-state index contributed by atoms with van der Waals surface area (Å²) in [5.41, 5.74) is 1.00. The molecule has 0 radical (unpaired) electrons. The van der Waals surface area contributed by atoms with E-state index in [0.29, 0.717) is 12.5 Å². The van der Waals surface area contributed by atoms with Crippen LogP contribution < -0.4 is 10.2 Å². The van der Waals surface area contributed by atoms with Gasteiger partial charge in [0.25, 0.3) is 0 Å². The number of hydrogen-bond donors (Lipinski definition) is 0. The van der Waals surface area contributed by atoms with Gasteiger partial charge >= 0.3 is 0 Å². The van der Waals surface area contributed by atoms with E-state index in [-0.39, 0.29) is 5.43 Å². The monoisotopic (exact) mass is 187 g/mol. The molecule has 2 heterocycles. The van der Waals surface area contributed by atoms with Crippen molar-refractivity contribution < 1.29 is 4.74 Å². The lowest BCUT2D eigenvalue weighted by atomic mass is 10.2. The van der Waals surface area contributed by atoms with Crippen molar-refractivity contribution in [2.75, 3.05) is 6.61 Å². The second-order valence-corrected chi connectivity index (χ2v) is 3.36. The van der Waals surface area contributed by atoms with Crippen LogP contribution in [0, 0.1) is 0 Å². The molecule has 0 spiro atoms. The number of aromatic nitrogens is 1. The molecule has 0 fully saturated rings. The summed E-state index contributed by atoms with van der Waals surface area (Å²) >= 11 is 0. The number of nitrogens with zero attached hydrogens (tertiary/aromatic N) is 1. The Balaban J connectivity index is 2.53. The van der Waals surface area contributed by atoms with Crippen LogP contribution in [-0.4, -0.2) is 11.2 Å². The molecule has 3 rings (SSSR count). The number of rotatable bonds is 0. The lowest BCUT2D eigenvalue weighted by molar-refractivity contribution is 0.356. The highest BCUT2D eigenvalue weighted by Gasteiger charge is 2.14. The summed E-state index contributed by atoms with van der Waals surface area (Å²) in [6.07, 6.45) is 0. The maximum atomic E-state index is 11.6. The minimum absolute atomic E-state index is 0.0359. The summed E-state index contributed by atoms with van der Waals surface area (Å²) in [7, 11) is 0. The summed E-state index contributed by atoms with van der Waals surface area (Å²) in [6.45, 7) is 1.49.